The predicted molar refractivity (Wildman–Crippen MR) is 121 cm³/mol. The number of rotatable bonds is 5. The summed E-state index contributed by atoms with van der Waals surface area (Å²) in [6, 6.07) is 5.85. The van der Waals surface area contributed by atoms with Gasteiger partial charge in [-0.3, -0.25) is 0 Å². The van der Waals surface area contributed by atoms with Gasteiger partial charge in [-0.1, -0.05) is 6.07 Å². The van der Waals surface area contributed by atoms with Gasteiger partial charge in [0.25, 0.3) is 10.0 Å². The fraction of sp³-hybridized carbons (Fsp3) is 0.381. The molecule has 1 aliphatic rings. The summed E-state index contributed by atoms with van der Waals surface area (Å²) in [6.07, 6.45) is -4.68. The first-order chi connectivity index (χ1) is 16.3. The molecule has 190 valence electrons. The summed E-state index contributed by atoms with van der Waals surface area (Å²) in [6.45, 7) is 2.48. The molecule has 4 rings (SSSR count). The van der Waals surface area contributed by atoms with Gasteiger partial charge in [0, 0.05) is 19.6 Å². The first kappa shape index (κ1) is 25.4. The summed E-state index contributed by atoms with van der Waals surface area (Å²) in [5, 5.41) is 5.50. The Hall–Kier alpha value is -2.71. The van der Waals surface area contributed by atoms with Crippen LogP contribution in [0.2, 0.25) is 0 Å². The molecule has 1 fully saturated rings. The maximum Gasteiger partial charge on any atom is 0.410 e. The average molecular weight is 535 g/mol. The lowest BCUT2D eigenvalue weighted by Gasteiger charge is -2.37. The minimum atomic E-state index is -4.68. The minimum absolute atomic E-state index is 0.0858. The van der Waals surface area contributed by atoms with Gasteiger partial charge in [0.2, 0.25) is 0 Å². The second kappa shape index (κ2) is 8.75. The summed E-state index contributed by atoms with van der Waals surface area (Å²) in [5.74, 6) is -1.36. The third-order valence-electron chi connectivity index (χ3n) is 5.80. The number of nitrogens with zero attached hydrogens (tertiary/aromatic N) is 3. The first-order valence-corrected chi connectivity index (χ1v) is 13.6. The van der Waals surface area contributed by atoms with Crippen LogP contribution in [0.25, 0.3) is 10.9 Å². The van der Waals surface area contributed by atoms with Crippen LogP contribution in [-0.2, 0) is 19.9 Å². The van der Waals surface area contributed by atoms with Crippen LogP contribution in [0, 0.1) is 5.82 Å². The number of halogens is 4. The number of anilines is 1. The predicted octanol–water partition coefficient (Wildman–Crippen LogP) is 2.94. The van der Waals surface area contributed by atoms with Crippen molar-refractivity contribution >= 4 is 36.6 Å². The van der Waals surface area contributed by atoms with Gasteiger partial charge in [-0.05, 0) is 50.2 Å². The Morgan fingerprint density at radius 3 is 2.26 bits per heavy atom. The highest BCUT2D eigenvalue weighted by Crippen LogP contribution is 2.36. The van der Waals surface area contributed by atoms with Crippen LogP contribution in [0.1, 0.15) is 13.8 Å². The topological polar surface area (TPSA) is 101 Å². The van der Waals surface area contributed by atoms with Crippen LogP contribution in [0.15, 0.2) is 52.3 Å². The summed E-state index contributed by atoms with van der Waals surface area (Å²) in [7, 11) is -8.18. The molecule has 0 aliphatic carbocycles. The van der Waals surface area contributed by atoms with E-state index in [4.69, 9.17) is 0 Å². The summed E-state index contributed by atoms with van der Waals surface area (Å²) in [4.78, 5) is 0.414. The van der Waals surface area contributed by atoms with Gasteiger partial charge in [-0.2, -0.15) is 25.7 Å². The Kier molecular flexibility index (Phi) is 6.34. The maximum absolute atomic E-state index is 14.9. The number of aromatic nitrogens is 2. The van der Waals surface area contributed by atoms with E-state index in [2.05, 4.69) is 10.4 Å². The number of fused-ring (bicyclic) bond motifs is 1. The van der Waals surface area contributed by atoms with Crippen LogP contribution in [0.5, 0.6) is 0 Å². The van der Waals surface area contributed by atoms with Crippen molar-refractivity contribution in [1.29, 1.82) is 0 Å². The Balaban J connectivity index is 1.87. The highest BCUT2D eigenvalue weighted by atomic mass is 32.2. The molecule has 14 heteroatoms. The fourth-order valence-corrected chi connectivity index (χ4v) is 6.23. The van der Waals surface area contributed by atoms with E-state index in [-0.39, 0.29) is 33.8 Å². The number of sulfone groups is 1. The quantitative estimate of drug-likeness (QED) is 0.503. The molecule has 2 aromatic carbocycles. The van der Waals surface area contributed by atoms with Crippen LogP contribution in [0.3, 0.4) is 0 Å². The zero-order chi connectivity index (χ0) is 25.8. The number of piperazine rings is 1. The van der Waals surface area contributed by atoms with Gasteiger partial charge in [0.15, 0.2) is 15.7 Å². The van der Waals surface area contributed by atoms with Gasteiger partial charge in [-0.15, -0.1) is 5.10 Å². The number of hydrogen-bond donors (Lipinski definition) is 1. The lowest BCUT2D eigenvalue weighted by molar-refractivity contribution is -0.149. The van der Waals surface area contributed by atoms with Crippen molar-refractivity contribution in [3.8, 4) is 0 Å². The van der Waals surface area contributed by atoms with Crippen molar-refractivity contribution < 1.29 is 34.4 Å². The summed E-state index contributed by atoms with van der Waals surface area (Å²) < 4.78 is 108. The molecule has 1 N–H and O–H groups in total. The smallest absolute Gasteiger partial charge is 0.340 e. The fourth-order valence-electron chi connectivity index (χ4n) is 3.89. The van der Waals surface area contributed by atoms with Crippen LogP contribution in [-0.4, -0.2) is 63.1 Å². The molecule has 3 aromatic rings. The Morgan fingerprint density at radius 2 is 1.66 bits per heavy atom. The van der Waals surface area contributed by atoms with Gasteiger partial charge in [0.05, 0.1) is 25.9 Å². The van der Waals surface area contributed by atoms with Crippen LogP contribution < -0.4 is 10.2 Å². The number of alkyl halides is 3. The molecule has 2 heterocycles. The molecule has 8 nitrogen and oxygen atoms in total. The number of nitrogens with one attached hydrogen (secondary N) is 1. The molecular formula is C21H22F4N4O4S2. The molecule has 1 unspecified atom stereocenters. The van der Waals surface area contributed by atoms with E-state index in [1.807, 2.05) is 0 Å². The number of benzene rings is 2. The van der Waals surface area contributed by atoms with Crippen LogP contribution >= 0.6 is 0 Å². The van der Waals surface area contributed by atoms with Crippen LogP contribution in [0.4, 0.5) is 23.4 Å². The Bertz CT molecular complexity index is 1470. The standard InChI is InChI=1S/C21H22F4N4O4S2/c1-13(2)34(30,31)14-6-8-15(9-7-14)35(32,33)29-17-5-3-4-16(22)19(17)20(27-29)28-11-10-26-12-18(28)21(23,24)25/h3-9,13,18,26H,10-12H2,1-2H3. The minimum Gasteiger partial charge on any atom is -0.340 e. The monoisotopic (exact) mass is 534 g/mol. The Morgan fingerprint density at radius 1 is 1.03 bits per heavy atom. The first-order valence-electron chi connectivity index (χ1n) is 10.6. The van der Waals surface area contributed by atoms with E-state index < -0.39 is 55.5 Å². The van der Waals surface area contributed by atoms with Gasteiger partial charge in [-0.25, -0.2) is 12.8 Å². The summed E-state index contributed by atoms with van der Waals surface area (Å²) >= 11 is 0. The van der Waals surface area contributed by atoms with E-state index in [1.165, 1.54) is 26.0 Å². The molecule has 1 saturated heterocycles. The van der Waals surface area contributed by atoms with Crippen molar-refractivity contribution in [2.75, 3.05) is 24.5 Å². The van der Waals surface area contributed by atoms with Gasteiger partial charge >= 0.3 is 6.18 Å². The highest BCUT2D eigenvalue weighted by Gasteiger charge is 2.46. The second-order valence-electron chi connectivity index (χ2n) is 8.33. The van der Waals surface area contributed by atoms with E-state index in [9.17, 15) is 34.4 Å². The molecule has 0 amide bonds. The SMILES string of the molecule is CC(C)S(=O)(=O)c1ccc(S(=O)(=O)n2nc(N3CCNCC3C(F)(F)F)c3c(F)cccc32)cc1. The molecule has 1 aromatic heterocycles. The van der Waals surface area contributed by atoms with Gasteiger partial charge in [0.1, 0.15) is 11.9 Å². The summed E-state index contributed by atoms with van der Waals surface area (Å²) in [5.41, 5.74) is -0.238. The third-order valence-corrected chi connectivity index (χ3v) is 9.57. The maximum atomic E-state index is 14.9. The Labute approximate surface area is 199 Å². The van der Waals surface area contributed by atoms with Crippen molar-refractivity contribution in [1.82, 2.24) is 14.5 Å². The lowest BCUT2D eigenvalue weighted by atomic mass is 10.1. The van der Waals surface area contributed by atoms with E-state index >= 15 is 0 Å². The normalized spacial score (nSPS) is 17.9. The van der Waals surface area contributed by atoms with Gasteiger partial charge < -0.3 is 10.2 Å². The molecule has 1 atom stereocenters. The average Bonchev–Trinajstić information content (AvgIpc) is 3.20. The van der Waals surface area contributed by atoms with Crippen molar-refractivity contribution in [3.05, 3.63) is 48.3 Å². The largest absolute Gasteiger partial charge is 0.410 e. The second-order valence-corrected chi connectivity index (χ2v) is 12.6. The molecular weight excluding hydrogens is 512 g/mol. The van der Waals surface area contributed by atoms with Crippen molar-refractivity contribution in [2.24, 2.45) is 0 Å². The molecule has 0 spiro atoms. The van der Waals surface area contributed by atoms with E-state index in [1.54, 1.807) is 0 Å². The van der Waals surface area contributed by atoms with Crippen molar-refractivity contribution in [3.63, 3.8) is 0 Å². The molecule has 0 saturated carbocycles. The molecule has 1 aliphatic heterocycles. The molecule has 0 radical (unpaired) electrons. The zero-order valence-electron chi connectivity index (χ0n) is 18.6. The highest BCUT2D eigenvalue weighted by molar-refractivity contribution is 7.92. The third kappa shape index (κ3) is 4.38. The van der Waals surface area contributed by atoms with Crippen molar-refractivity contribution in [2.45, 2.75) is 41.1 Å². The lowest BCUT2D eigenvalue weighted by Crippen LogP contribution is -2.58. The van der Waals surface area contributed by atoms with E-state index in [0.29, 0.717) is 4.09 Å². The zero-order valence-corrected chi connectivity index (χ0v) is 20.3. The number of hydrogen-bond acceptors (Lipinski definition) is 7. The van der Waals surface area contributed by atoms with E-state index in [0.717, 1.165) is 35.2 Å². The molecule has 0 bridgehead atoms. The molecule has 35 heavy (non-hydrogen) atoms.